The maximum Gasteiger partial charge on any atom is 0.136 e. The highest BCUT2D eigenvalue weighted by molar-refractivity contribution is 7.90. The van der Waals surface area contributed by atoms with E-state index in [4.69, 9.17) is 11.6 Å². The van der Waals surface area contributed by atoms with Crippen LogP contribution in [0.2, 0.25) is 5.02 Å². The van der Waals surface area contributed by atoms with E-state index in [1.54, 1.807) is 6.20 Å². The summed E-state index contributed by atoms with van der Waals surface area (Å²) in [5.41, 5.74) is 1.75. The van der Waals surface area contributed by atoms with E-state index in [0.717, 1.165) is 11.3 Å². The average Bonchev–Trinajstić information content (AvgIpc) is 2.20. The second-order valence-corrected chi connectivity index (χ2v) is 7.48. The van der Waals surface area contributed by atoms with Crippen LogP contribution in [-0.2, 0) is 11.4 Å². The molecule has 0 aliphatic rings. The molecule has 1 rings (SSSR count). The summed E-state index contributed by atoms with van der Waals surface area (Å²) < 4.78 is 14.7. The topological polar surface area (TPSA) is 48.0 Å². The van der Waals surface area contributed by atoms with Crippen LogP contribution in [0, 0.1) is 6.92 Å². The predicted molar refractivity (Wildman–Crippen MR) is 73.4 cm³/mol. The highest BCUT2D eigenvalue weighted by Gasteiger charge is 2.28. The Morgan fingerprint density at radius 2 is 2.06 bits per heavy atom. The molecule has 0 saturated heterocycles. The van der Waals surface area contributed by atoms with Crippen LogP contribution in [0.5, 0.6) is 0 Å². The number of rotatable bonds is 3. The summed E-state index contributed by atoms with van der Waals surface area (Å²) in [6.45, 7) is 9.62. The van der Waals surface area contributed by atoms with Gasteiger partial charge in [-0.3, -0.25) is 4.98 Å². The van der Waals surface area contributed by atoms with Crippen molar-refractivity contribution in [1.29, 1.82) is 0 Å². The van der Waals surface area contributed by atoms with Crippen molar-refractivity contribution in [3.8, 4) is 0 Å². The number of aromatic nitrogens is 1. The van der Waals surface area contributed by atoms with Crippen molar-refractivity contribution in [2.45, 2.75) is 45.4 Å². The zero-order valence-electron chi connectivity index (χ0n) is 10.9. The lowest BCUT2D eigenvalue weighted by Crippen LogP contribution is -2.40. The van der Waals surface area contributed by atoms with Crippen molar-refractivity contribution >= 4 is 23.0 Å². The molecule has 1 N–H and O–H groups in total. The minimum atomic E-state index is -1.11. The first-order chi connectivity index (χ1) is 7.71. The van der Waals surface area contributed by atoms with Gasteiger partial charge in [-0.2, -0.15) is 0 Å². The Morgan fingerprint density at radius 3 is 2.53 bits per heavy atom. The van der Waals surface area contributed by atoms with Gasteiger partial charge >= 0.3 is 0 Å². The summed E-state index contributed by atoms with van der Waals surface area (Å²) in [7, 11) is 0. The van der Waals surface area contributed by atoms with Gasteiger partial charge in [-0.1, -0.05) is 11.6 Å². The fourth-order valence-corrected chi connectivity index (χ4v) is 2.10. The maximum atomic E-state index is 11.9. The smallest absolute Gasteiger partial charge is 0.136 e. The molecular formula is C12H19ClN2OS. The first-order valence-corrected chi connectivity index (χ1v) is 7.04. The first kappa shape index (κ1) is 14.8. The predicted octanol–water partition coefficient (Wildman–Crippen LogP) is 3.16. The van der Waals surface area contributed by atoms with Gasteiger partial charge in [0.15, 0.2) is 0 Å². The SMILES string of the molecule is Cc1cnc(C(C)N[S+]([O-])C(C)(C)C)cc1Cl. The van der Waals surface area contributed by atoms with E-state index >= 15 is 0 Å². The van der Waals surface area contributed by atoms with Gasteiger partial charge in [-0.25, -0.2) is 0 Å². The zero-order valence-corrected chi connectivity index (χ0v) is 12.4. The van der Waals surface area contributed by atoms with E-state index in [-0.39, 0.29) is 10.8 Å². The largest absolute Gasteiger partial charge is 0.598 e. The van der Waals surface area contributed by atoms with Gasteiger partial charge in [0.1, 0.15) is 4.75 Å². The summed E-state index contributed by atoms with van der Waals surface area (Å²) >= 11 is 4.93. The molecular weight excluding hydrogens is 256 g/mol. The van der Waals surface area contributed by atoms with Crippen LogP contribution < -0.4 is 4.72 Å². The number of hydrogen-bond acceptors (Lipinski definition) is 3. The van der Waals surface area contributed by atoms with E-state index in [9.17, 15) is 4.55 Å². The molecule has 2 atom stereocenters. The third-order valence-corrected chi connectivity index (χ3v) is 4.43. The second-order valence-electron chi connectivity index (χ2n) is 5.08. The molecule has 0 fully saturated rings. The van der Waals surface area contributed by atoms with Crippen molar-refractivity contribution in [3.05, 3.63) is 28.5 Å². The molecule has 0 amide bonds. The van der Waals surface area contributed by atoms with Gasteiger partial charge in [-0.05, 0) is 46.2 Å². The number of pyridine rings is 1. The molecule has 0 aliphatic heterocycles. The number of halogens is 1. The normalized spacial score (nSPS) is 15.7. The van der Waals surface area contributed by atoms with Gasteiger partial charge in [0.2, 0.25) is 0 Å². The van der Waals surface area contributed by atoms with Gasteiger partial charge in [0, 0.05) is 22.6 Å². The highest BCUT2D eigenvalue weighted by atomic mass is 35.5. The van der Waals surface area contributed by atoms with Crippen LogP contribution in [0.1, 0.15) is 45.0 Å². The van der Waals surface area contributed by atoms with Gasteiger partial charge in [0.25, 0.3) is 0 Å². The fraction of sp³-hybridized carbons (Fsp3) is 0.583. The van der Waals surface area contributed by atoms with Crippen LogP contribution >= 0.6 is 11.6 Å². The third-order valence-electron chi connectivity index (χ3n) is 2.34. The standard InChI is InChI=1S/C12H19ClN2OS/c1-8-7-14-11(6-10(8)13)9(2)15-17(16)12(3,4)5/h6-7,9,15H,1-5H3. The van der Waals surface area contributed by atoms with Crippen molar-refractivity contribution in [2.75, 3.05) is 0 Å². The quantitative estimate of drug-likeness (QED) is 0.862. The minimum absolute atomic E-state index is 0.0897. The molecule has 0 aliphatic carbocycles. The molecule has 17 heavy (non-hydrogen) atoms. The fourth-order valence-electron chi connectivity index (χ4n) is 1.15. The van der Waals surface area contributed by atoms with E-state index < -0.39 is 11.4 Å². The average molecular weight is 275 g/mol. The molecule has 96 valence electrons. The van der Waals surface area contributed by atoms with Crippen LogP contribution in [0.25, 0.3) is 0 Å². The summed E-state index contributed by atoms with van der Waals surface area (Å²) in [5, 5.41) is 0.685. The molecule has 1 aromatic rings. The van der Waals surface area contributed by atoms with Crippen molar-refractivity contribution in [1.82, 2.24) is 9.71 Å². The summed E-state index contributed by atoms with van der Waals surface area (Å²) in [6.07, 6.45) is 1.73. The number of hydrogen-bond donors (Lipinski definition) is 1. The number of aryl methyl sites for hydroxylation is 1. The van der Waals surface area contributed by atoms with E-state index in [0.29, 0.717) is 5.02 Å². The molecule has 0 radical (unpaired) electrons. The van der Waals surface area contributed by atoms with Gasteiger partial charge in [0.05, 0.1) is 11.7 Å². The van der Waals surface area contributed by atoms with Gasteiger partial charge in [-0.15, -0.1) is 4.72 Å². The molecule has 0 bridgehead atoms. The van der Waals surface area contributed by atoms with Crippen molar-refractivity contribution in [2.24, 2.45) is 0 Å². The molecule has 2 unspecified atom stereocenters. The Bertz CT molecular complexity index is 393. The Hall–Kier alpha value is -0.290. The lowest BCUT2D eigenvalue weighted by molar-refractivity contribution is 0.529. The van der Waals surface area contributed by atoms with E-state index in [1.165, 1.54) is 0 Å². The Labute approximate surface area is 111 Å². The van der Waals surface area contributed by atoms with Gasteiger partial charge < -0.3 is 4.55 Å². The molecule has 5 heteroatoms. The van der Waals surface area contributed by atoms with Crippen LogP contribution in [-0.4, -0.2) is 14.3 Å². The third kappa shape index (κ3) is 4.14. The lowest BCUT2D eigenvalue weighted by atomic mass is 10.2. The minimum Gasteiger partial charge on any atom is -0.598 e. The Balaban J connectivity index is 2.76. The summed E-state index contributed by atoms with van der Waals surface area (Å²) in [6, 6.07) is 1.72. The molecule has 0 spiro atoms. The van der Waals surface area contributed by atoms with Crippen LogP contribution in [0.4, 0.5) is 0 Å². The lowest BCUT2D eigenvalue weighted by Gasteiger charge is -2.26. The van der Waals surface area contributed by atoms with Crippen molar-refractivity contribution in [3.63, 3.8) is 0 Å². The first-order valence-electron chi connectivity index (χ1n) is 5.52. The zero-order chi connectivity index (χ0) is 13.2. The maximum absolute atomic E-state index is 11.9. The number of nitrogens with one attached hydrogen (secondary N) is 1. The molecule has 1 aromatic heterocycles. The van der Waals surface area contributed by atoms with Crippen LogP contribution in [0.15, 0.2) is 12.3 Å². The Kier molecular flexibility index (Phi) is 4.84. The summed E-state index contributed by atoms with van der Waals surface area (Å²) in [5.74, 6) is 0. The Morgan fingerprint density at radius 1 is 1.47 bits per heavy atom. The molecule has 0 saturated carbocycles. The molecule has 3 nitrogen and oxygen atoms in total. The number of nitrogens with zero attached hydrogens (tertiary/aromatic N) is 1. The second kappa shape index (κ2) is 5.57. The molecule has 0 aromatic carbocycles. The monoisotopic (exact) mass is 274 g/mol. The highest BCUT2D eigenvalue weighted by Crippen LogP contribution is 2.21. The van der Waals surface area contributed by atoms with Crippen molar-refractivity contribution < 1.29 is 4.55 Å². The summed E-state index contributed by atoms with van der Waals surface area (Å²) in [4.78, 5) is 4.29. The van der Waals surface area contributed by atoms with Crippen LogP contribution in [0.3, 0.4) is 0 Å². The van der Waals surface area contributed by atoms with E-state index in [1.807, 2.05) is 40.7 Å². The van der Waals surface area contributed by atoms with E-state index in [2.05, 4.69) is 9.71 Å². The molecule has 1 heterocycles.